The topological polar surface area (TPSA) is 56.8 Å². The zero-order valence-corrected chi connectivity index (χ0v) is 12.9. The molecule has 2 aliphatic rings. The van der Waals surface area contributed by atoms with Crippen LogP contribution in [-0.4, -0.2) is 38.9 Å². The summed E-state index contributed by atoms with van der Waals surface area (Å²) in [6, 6.07) is 0. The Balaban J connectivity index is 1.36. The van der Waals surface area contributed by atoms with Crippen LogP contribution in [0.15, 0.2) is 12.2 Å². The van der Waals surface area contributed by atoms with E-state index < -0.39 is 0 Å². The average molecular weight is 297 g/mol. The van der Waals surface area contributed by atoms with Crippen LogP contribution < -0.4 is 5.48 Å². The molecule has 2 rings (SSSR count). The van der Waals surface area contributed by atoms with E-state index in [9.17, 15) is 4.79 Å². The summed E-state index contributed by atoms with van der Waals surface area (Å²) in [5.41, 5.74) is 3.46. The van der Waals surface area contributed by atoms with Gasteiger partial charge >= 0.3 is 5.97 Å². The maximum atomic E-state index is 11.1. The summed E-state index contributed by atoms with van der Waals surface area (Å²) in [6.45, 7) is 7.73. The minimum absolute atomic E-state index is 0.254. The number of fused-ring (bicyclic) bond motifs is 2. The van der Waals surface area contributed by atoms with Gasteiger partial charge in [0.1, 0.15) is 6.61 Å². The van der Waals surface area contributed by atoms with Crippen molar-refractivity contribution in [2.45, 2.75) is 32.6 Å². The molecule has 0 aliphatic heterocycles. The lowest BCUT2D eigenvalue weighted by molar-refractivity contribution is -0.140. The van der Waals surface area contributed by atoms with Crippen LogP contribution >= 0.6 is 0 Å². The number of hydrogen-bond donors (Lipinski definition) is 1. The summed E-state index contributed by atoms with van der Waals surface area (Å²) in [6.07, 6.45) is 5.64. The van der Waals surface area contributed by atoms with Gasteiger partial charge in [-0.05, 0) is 43.9 Å². The minimum Gasteiger partial charge on any atom is -0.460 e. The van der Waals surface area contributed by atoms with E-state index in [-0.39, 0.29) is 12.6 Å². The van der Waals surface area contributed by atoms with Crippen molar-refractivity contribution in [1.82, 2.24) is 5.48 Å². The predicted octanol–water partition coefficient (Wildman–Crippen LogP) is 2.08. The molecule has 0 spiro atoms. The second-order valence-electron chi connectivity index (χ2n) is 6.16. The first kappa shape index (κ1) is 16.5. The van der Waals surface area contributed by atoms with Crippen molar-refractivity contribution < 1.29 is 19.1 Å². The van der Waals surface area contributed by atoms with Gasteiger partial charge in [-0.3, -0.25) is 4.84 Å². The monoisotopic (exact) mass is 297 g/mol. The van der Waals surface area contributed by atoms with E-state index >= 15 is 0 Å². The van der Waals surface area contributed by atoms with Gasteiger partial charge in [-0.2, -0.15) is 0 Å². The number of ether oxygens (including phenoxy) is 2. The second-order valence-corrected chi connectivity index (χ2v) is 6.16. The van der Waals surface area contributed by atoms with Gasteiger partial charge in [0.25, 0.3) is 0 Å². The fourth-order valence-electron chi connectivity index (χ4n) is 3.38. The van der Waals surface area contributed by atoms with Crippen LogP contribution in [0.4, 0.5) is 0 Å². The third-order valence-electron chi connectivity index (χ3n) is 4.47. The Kier molecular flexibility index (Phi) is 6.67. The predicted molar refractivity (Wildman–Crippen MR) is 79.5 cm³/mol. The number of hydrogen-bond acceptors (Lipinski definition) is 5. The van der Waals surface area contributed by atoms with E-state index in [1.807, 2.05) is 0 Å². The zero-order valence-electron chi connectivity index (χ0n) is 12.9. The van der Waals surface area contributed by atoms with E-state index in [1.165, 1.54) is 25.7 Å². The lowest BCUT2D eigenvalue weighted by Gasteiger charge is -2.21. The van der Waals surface area contributed by atoms with Crippen LogP contribution in [-0.2, 0) is 19.1 Å². The van der Waals surface area contributed by atoms with E-state index in [0.717, 1.165) is 24.3 Å². The molecule has 0 saturated heterocycles. The molecule has 0 aromatic rings. The Bertz CT molecular complexity index is 358. The third-order valence-corrected chi connectivity index (χ3v) is 4.47. The van der Waals surface area contributed by atoms with Gasteiger partial charge in [0.15, 0.2) is 0 Å². The highest BCUT2D eigenvalue weighted by molar-refractivity contribution is 5.86. The smallest absolute Gasteiger partial charge is 0.333 e. The SMILES string of the molecule is C=C(C)C(=O)OCCOCCONCC1CC2CCC1C2. The van der Waals surface area contributed by atoms with Gasteiger partial charge in [0.2, 0.25) is 0 Å². The lowest BCUT2D eigenvalue weighted by Crippen LogP contribution is -2.28. The molecule has 120 valence electrons. The molecular formula is C16H27NO4. The van der Waals surface area contributed by atoms with Crippen molar-refractivity contribution in [1.29, 1.82) is 0 Å². The number of rotatable bonds is 10. The maximum absolute atomic E-state index is 11.1. The third kappa shape index (κ3) is 5.41. The number of hydroxylamine groups is 1. The van der Waals surface area contributed by atoms with Crippen molar-refractivity contribution in [3.8, 4) is 0 Å². The van der Waals surface area contributed by atoms with Crippen molar-refractivity contribution >= 4 is 5.97 Å². The van der Waals surface area contributed by atoms with Gasteiger partial charge in [0, 0.05) is 12.1 Å². The largest absolute Gasteiger partial charge is 0.460 e. The molecule has 5 heteroatoms. The Labute approximate surface area is 127 Å². The molecule has 0 heterocycles. The molecule has 2 saturated carbocycles. The highest BCUT2D eigenvalue weighted by Crippen LogP contribution is 2.47. The molecule has 0 aromatic heterocycles. The Morgan fingerprint density at radius 2 is 2.00 bits per heavy atom. The van der Waals surface area contributed by atoms with Gasteiger partial charge in [-0.25, -0.2) is 10.3 Å². The summed E-state index contributed by atoms with van der Waals surface area (Å²) in [7, 11) is 0. The van der Waals surface area contributed by atoms with Gasteiger partial charge in [-0.1, -0.05) is 13.0 Å². The standard InChI is InChI=1S/C16H27NO4/c1-12(2)16(18)20-7-5-19-6-8-21-17-11-15-10-13-3-4-14(15)9-13/h13-15,17H,1,3-11H2,2H3. The molecule has 0 radical (unpaired) electrons. The molecular weight excluding hydrogens is 270 g/mol. The number of carbonyl (C=O) groups excluding carboxylic acids is 1. The van der Waals surface area contributed by atoms with Crippen molar-refractivity contribution in [2.24, 2.45) is 17.8 Å². The maximum Gasteiger partial charge on any atom is 0.333 e. The number of esters is 1. The van der Waals surface area contributed by atoms with Crippen LogP contribution in [0.5, 0.6) is 0 Å². The Hall–Kier alpha value is -0.910. The summed E-state index contributed by atoms with van der Waals surface area (Å²) in [5, 5.41) is 0. The molecule has 5 nitrogen and oxygen atoms in total. The van der Waals surface area contributed by atoms with Crippen LogP contribution in [0.25, 0.3) is 0 Å². The summed E-state index contributed by atoms with van der Waals surface area (Å²) < 4.78 is 10.2. The van der Waals surface area contributed by atoms with E-state index in [4.69, 9.17) is 14.3 Å². The summed E-state index contributed by atoms with van der Waals surface area (Å²) in [4.78, 5) is 16.5. The molecule has 3 atom stereocenters. The van der Waals surface area contributed by atoms with E-state index in [2.05, 4.69) is 12.1 Å². The highest BCUT2D eigenvalue weighted by atomic mass is 16.7. The van der Waals surface area contributed by atoms with E-state index in [1.54, 1.807) is 6.92 Å². The van der Waals surface area contributed by atoms with Crippen molar-refractivity contribution in [3.63, 3.8) is 0 Å². The first-order valence-electron chi connectivity index (χ1n) is 7.92. The van der Waals surface area contributed by atoms with Crippen molar-refractivity contribution in [3.05, 3.63) is 12.2 Å². The first-order valence-corrected chi connectivity index (χ1v) is 7.92. The number of nitrogens with one attached hydrogen (secondary N) is 1. The molecule has 0 amide bonds. The summed E-state index contributed by atoms with van der Waals surface area (Å²) >= 11 is 0. The fraction of sp³-hybridized carbons (Fsp3) is 0.812. The molecule has 1 N–H and O–H groups in total. The quantitative estimate of drug-likeness (QED) is 0.289. The molecule has 2 bridgehead atoms. The Morgan fingerprint density at radius 3 is 2.67 bits per heavy atom. The molecule has 2 aliphatic carbocycles. The van der Waals surface area contributed by atoms with Gasteiger partial charge < -0.3 is 9.47 Å². The van der Waals surface area contributed by atoms with Crippen molar-refractivity contribution in [2.75, 3.05) is 33.0 Å². The molecule has 0 aromatic carbocycles. The molecule has 2 fully saturated rings. The first-order chi connectivity index (χ1) is 10.2. The molecule has 3 unspecified atom stereocenters. The van der Waals surface area contributed by atoms with Crippen LogP contribution in [0.1, 0.15) is 32.6 Å². The van der Waals surface area contributed by atoms with Crippen LogP contribution in [0.3, 0.4) is 0 Å². The second kappa shape index (κ2) is 8.51. The molecule has 21 heavy (non-hydrogen) atoms. The minimum atomic E-state index is -0.373. The van der Waals surface area contributed by atoms with Gasteiger partial charge in [0.05, 0.1) is 19.8 Å². The average Bonchev–Trinajstić information content (AvgIpc) is 3.07. The lowest BCUT2D eigenvalue weighted by atomic mass is 9.89. The normalized spacial score (nSPS) is 27.0. The highest BCUT2D eigenvalue weighted by Gasteiger charge is 2.38. The number of carbonyl (C=O) groups is 1. The van der Waals surface area contributed by atoms with E-state index in [0.29, 0.717) is 25.4 Å². The van der Waals surface area contributed by atoms with Crippen LogP contribution in [0, 0.1) is 17.8 Å². The summed E-state index contributed by atoms with van der Waals surface area (Å²) in [5.74, 6) is 2.33. The van der Waals surface area contributed by atoms with Gasteiger partial charge in [-0.15, -0.1) is 0 Å². The fourth-order valence-corrected chi connectivity index (χ4v) is 3.38. The zero-order chi connectivity index (χ0) is 15.1. The Morgan fingerprint density at radius 1 is 1.19 bits per heavy atom. The van der Waals surface area contributed by atoms with Crippen LogP contribution in [0.2, 0.25) is 0 Å².